The van der Waals surface area contributed by atoms with Crippen molar-refractivity contribution in [2.45, 2.75) is 39.7 Å². The van der Waals surface area contributed by atoms with Crippen LogP contribution in [0.3, 0.4) is 0 Å². The number of carboxylic acid groups (broad SMARTS) is 1. The molecule has 2 unspecified atom stereocenters. The summed E-state index contributed by atoms with van der Waals surface area (Å²) >= 11 is 0. The van der Waals surface area contributed by atoms with Gasteiger partial charge in [-0.2, -0.15) is 0 Å². The van der Waals surface area contributed by atoms with Crippen LogP contribution in [0.2, 0.25) is 0 Å². The van der Waals surface area contributed by atoms with Crippen LogP contribution in [0, 0.1) is 11.3 Å². The fourth-order valence-electron chi connectivity index (χ4n) is 1.99. The Morgan fingerprint density at radius 3 is 2.53 bits per heavy atom. The van der Waals surface area contributed by atoms with Crippen LogP contribution in [0.1, 0.15) is 33.6 Å². The molecular weight excluding hydrogens is 220 g/mol. The molecule has 2 atom stereocenters. The number of amides is 1. The molecule has 0 saturated carbocycles. The molecule has 0 aromatic heterocycles. The van der Waals surface area contributed by atoms with Gasteiger partial charge in [0.1, 0.15) is 0 Å². The maximum atomic E-state index is 12.1. The lowest BCUT2D eigenvalue weighted by molar-refractivity contribution is -0.138. The van der Waals surface area contributed by atoms with E-state index in [9.17, 15) is 9.59 Å². The highest BCUT2D eigenvalue weighted by molar-refractivity contribution is 5.83. The molecule has 17 heavy (non-hydrogen) atoms. The second-order valence-corrected chi connectivity index (χ2v) is 5.41. The van der Waals surface area contributed by atoms with E-state index in [0.29, 0.717) is 6.54 Å². The Morgan fingerprint density at radius 1 is 1.47 bits per heavy atom. The summed E-state index contributed by atoms with van der Waals surface area (Å²) in [6, 6.07) is -0.294. The summed E-state index contributed by atoms with van der Waals surface area (Å²) in [6.07, 6.45) is 0.781. The maximum Gasteiger partial charge on any atom is 0.305 e. The van der Waals surface area contributed by atoms with Crippen molar-refractivity contribution in [2.24, 2.45) is 11.3 Å². The molecule has 0 aliphatic carbocycles. The van der Waals surface area contributed by atoms with Gasteiger partial charge in [0.05, 0.1) is 11.8 Å². The van der Waals surface area contributed by atoms with Crippen molar-refractivity contribution in [1.29, 1.82) is 0 Å². The van der Waals surface area contributed by atoms with Crippen LogP contribution in [0.5, 0.6) is 0 Å². The summed E-state index contributed by atoms with van der Waals surface area (Å²) in [6.45, 7) is 7.26. The second-order valence-electron chi connectivity index (χ2n) is 5.41. The van der Waals surface area contributed by atoms with Crippen LogP contribution in [-0.2, 0) is 9.59 Å². The fraction of sp³-hybridized carbons (Fsp3) is 0.833. The highest BCUT2D eigenvalue weighted by Crippen LogP contribution is 2.25. The van der Waals surface area contributed by atoms with Gasteiger partial charge in [0.2, 0.25) is 5.91 Å². The van der Waals surface area contributed by atoms with E-state index in [1.54, 1.807) is 0 Å². The van der Waals surface area contributed by atoms with E-state index < -0.39 is 11.4 Å². The molecule has 98 valence electrons. The van der Waals surface area contributed by atoms with Crippen molar-refractivity contribution >= 4 is 11.9 Å². The lowest BCUT2D eigenvalue weighted by Crippen LogP contribution is -2.47. The van der Waals surface area contributed by atoms with Crippen molar-refractivity contribution < 1.29 is 14.7 Å². The predicted molar refractivity (Wildman–Crippen MR) is 64.6 cm³/mol. The first-order valence-electron chi connectivity index (χ1n) is 6.08. The van der Waals surface area contributed by atoms with E-state index >= 15 is 0 Å². The minimum Gasteiger partial charge on any atom is -0.481 e. The zero-order valence-electron chi connectivity index (χ0n) is 10.7. The first kappa shape index (κ1) is 14.0. The molecule has 1 fully saturated rings. The van der Waals surface area contributed by atoms with Crippen molar-refractivity contribution in [3.05, 3.63) is 0 Å². The zero-order chi connectivity index (χ0) is 13.1. The van der Waals surface area contributed by atoms with E-state index in [1.807, 2.05) is 20.8 Å². The molecule has 1 aliphatic heterocycles. The van der Waals surface area contributed by atoms with Gasteiger partial charge in [-0.1, -0.05) is 13.8 Å². The average molecular weight is 242 g/mol. The minimum absolute atomic E-state index is 0.0209. The van der Waals surface area contributed by atoms with Crippen LogP contribution >= 0.6 is 0 Å². The molecule has 1 aliphatic rings. The monoisotopic (exact) mass is 242 g/mol. The zero-order valence-corrected chi connectivity index (χ0v) is 10.7. The van der Waals surface area contributed by atoms with Gasteiger partial charge >= 0.3 is 5.97 Å². The number of carbonyl (C=O) groups is 2. The Labute approximate surface area is 102 Å². The lowest BCUT2D eigenvalue weighted by Gasteiger charge is -2.27. The summed E-state index contributed by atoms with van der Waals surface area (Å²) in [7, 11) is 0. The quantitative estimate of drug-likeness (QED) is 0.659. The average Bonchev–Trinajstić information content (AvgIpc) is 2.64. The fourth-order valence-corrected chi connectivity index (χ4v) is 1.99. The number of carboxylic acids is 1. The van der Waals surface area contributed by atoms with Gasteiger partial charge in [-0.15, -0.1) is 0 Å². The summed E-state index contributed by atoms with van der Waals surface area (Å²) in [5.41, 5.74) is -0.397. The number of rotatable bonds is 5. The normalized spacial score (nSPS) is 25.9. The first-order valence-corrected chi connectivity index (χ1v) is 6.08. The number of nitrogens with one attached hydrogen (secondary N) is 2. The Bertz CT molecular complexity index is 296. The summed E-state index contributed by atoms with van der Waals surface area (Å²) in [4.78, 5) is 22.9. The summed E-state index contributed by atoms with van der Waals surface area (Å²) in [5.74, 6) is -0.797. The topological polar surface area (TPSA) is 78.4 Å². The maximum absolute atomic E-state index is 12.1. The number of hydrogen-bond acceptors (Lipinski definition) is 3. The molecule has 1 heterocycles. The predicted octanol–water partition coefficient (Wildman–Crippen LogP) is 0.602. The molecule has 0 spiro atoms. The Kier molecular flexibility index (Phi) is 4.51. The first-order chi connectivity index (χ1) is 7.85. The third-order valence-corrected chi connectivity index (χ3v) is 3.43. The van der Waals surface area contributed by atoms with Gasteiger partial charge in [-0.3, -0.25) is 9.59 Å². The van der Waals surface area contributed by atoms with Gasteiger partial charge in [-0.05, 0) is 25.8 Å². The minimum atomic E-state index is -0.876. The molecule has 5 nitrogen and oxygen atoms in total. The second kappa shape index (κ2) is 5.49. The van der Waals surface area contributed by atoms with Gasteiger partial charge in [0.25, 0.3) is 0 Å². The van der Waals surface area contributed by atoms with Gasteiger partial charge in [0.15, 0.2) is 0 Å². The SMILES string of the molecule is CC(C)C(CC(=O)O)NC(=O)C1(C)CCNC1. The largest absolute Gasteiger partial charge is 0.481 e. The standard InChI is InChI=1S/C12H22N2O3/c1-8(2)9(6-10(15)16)14-11(17)12(3)4-5-13-7-12/h8-9,13H,4-7H2,1-3H3,(H,14,17)(H,15,16). The number of aliphatic carboxylic acids is 1. The van der Waals surface area contributed by atoms with E-state index in [4.69, 9.17) is 5.11 Å². The summed E-state index contributed by atoms with van der Waals surface area (Å²) < 4.78 is 0. The van der Waals surface area contributed by atoms with Gasteiger partial charge in [-0.25, -0.2) is 0 Å². The third-order valence-electron chi connectivity index (χ3n) is 3.43. The van der Waals surface area contributed by atoms with E-state index in [1.165, 1.54) is 0 Å². The molecule has 0 aromatic carbocycles. The highest BCUT2D eigenvalue weighted by Gasteiger charge is 2.37. The highest BCUT2D eigenvalue weighted by atomic mass is 16.4. The molecule has 0 radical (unpaired) electrons. The van der Waals surface area contributed by atoms with Crippen LogP contribution in [0.15, 0.2) is 0 Å². The number of carbonyl (C=O) groups excluding carboxylic acids is 1. The smallest absolute Gasteiger partial charge is 0.305 e. The van der Waals surface area contributed by atoms with Gasteiger partial charge in [0, 0.05) is 12.6 Å². The number of hydrogen-bond donors (Lipinski definition) is 3. The van der Waals surface area contributed by atoms with Crippen LogP contribution < -0.4 is 10.6 Å². The molecule has 3 N–H and O–H groups in total. The van der Waals surface area contributed by atoms with Crippen LogP contribution in [-0.4, -0.2) is 36.1 Å². The van der Waals surface area contributed by atoms with Crippen LogP contribution in [0.25, 0.3) is 0 Å². The van der Waals surface area contributed by atoms with Crippen molar-refractivity contribution in [3.63, 3.8) is 0 Å². The Balaban J connectivity index is 2.60. The van der Waals surface area contributed by atoms with Crippen molar-refractivity contribution in [2.75, 3.05) is 13.1 Å². The molecule has 0 aromatic rings. The molecule has 1 saturated heterocycles. The van der Waals surface area contributed by atoms with Crippen LogP contribution in [0.4, 0.5) is 0 Å². The molecule has 5 heteroatoms. The van der Waals surface area contributed by atoms with Crippen molar-refractivity contribution in [1.82, 2.24) is 10.6 Å². The molecular formula is C12H22N2O3. The molecule has 0 bridgehead atoms. The van der Waals surface area contributed by atoms with Crippen molar-refractivity contribution in [3.8, 4) is 0 Å². The van der Waals surface area contributed by atoms with E-state index in [0.717, 1.165) is 13.0 Å². The molecule has 1 rings (SSSR count). The van der Waals surface area contributed by atoms with E-state index in [2.05, 4.69) is 10.6 Å². The Hall–Kier alpha value is -1.10. The summed E-state index contributed by atoms with van der Waals surface area (Å²) in [5, 5.41) is 14.8. The lowest BCUT2D eigenvalue weighted by atomic mass is 9.87. The molecule has 1 amide bonds. The van der Waals surface area contributed by atoms with Gasteiger partial charge < -0.3 is 15.7 Å². The van der Waals surface area contributed by atoms with E-state index in [-0.39, 0.29) is 24.3 Å². The Morgan fingerprint density at radius 2 is 2.12 bits per heavy atom. The third kappa shape index (κ3) is 3.70.